The van der Waals surface area contributed by atoms with Crippen LogP contribution >= 0.6 is 0 Å². The number of fused-ring (bicyclic) bond motifs is 1. The molecule has 4 heterocycles. The number of piperidine rings is 1. The third-order valence-corrected chi connectivity index (χ3v) is 7.22. The van der Waals surface area contributed by atoms with Crippen LogP contribution in [0.1, 0.15) is 53.8 Å². The lowest BCUT2D eigenvalue weighted by Crippen LogP contribution is -2.55. The van der Waals surface area contributed by atoms with Gasteiger partial charge in [0.2, 0.25) is 5.91 Å². The zero-order chi connectivity index (χ0) is 23.8. The van der Waals surface area contributed by atoms with Crippen molar-refractivity contribution in [2.24, 2.45) is 0 Å². The molecule has 3 amide bonds. The van der Waals surface area contributed by atoms with Crippen LogP contribution in [-0.2, 0) is 4.79 Å². The van der Waals surface area contributed by atoms with E-state index in [4.69, 9.17) is 0 Å². The van der Waals surface area contributed by atoms with E-state index in [1.165, 1.54) is 19.3 Å². The zero-order valence-corrected chi connectivity index (χ0v) is 19.7. The highest BCUT2D eigenvalue weighted by Gasteiger charge is 2.42. The SMILES string of the molecule is CC(C(=O)N1CCN(c2ccc(N3CCCCC3C)nn2)CC1)N1C(=O)c2ccccc2C1=O. The molecule has 0 spiro atoms. The third kappa shape index (κ3) is 3.89. The summed E-state index contributed by atoms with van der Waals surface area (Å²) in [6.07, 6.45) is 3.62. The number of piperazine rings is 1. The minimum absolute atomic E-state index is 0.213. The molecule has 0 bridgehead atoms. The lowest BCUT2D eigenvalue weighted by molar-refractivity contribution is -0.135. The summed E-state index contributed by atoms with van der Waals surface area (Å²) in [5.41, 5.74) is 0.718. The number of amides is 3. The van der Waals surface area contributed by atoms with Crippen LogP contribution < -0.4 is 9.80 Å². The highest BCUT2D eigenvalue weighted by Crippen LogP contribution is 2.26. The van der Waals surface area contributed by atoms with Gasteiger partial charge in [-0.25, -0.2) is 0 Å². The van der Waals surface area contributed by atoms with E-state index in [1.54, 1.807) is 36.1 Å². The maximum Gasteiger partial charge on any atom is 0.262 e. The Bertz CT molecular complexity index is 1060. The van der Waals surface area contributed by atoms with Crippen LogP contribution in [-0.4, -0.2) is 82.5 Å². The smallest absolute Gasteiger partial charge is 0.262 e. The number of nitrogens with zero attached hydrogens (tertiary/aromatic N) is 6. The average molecular weight is 463 g/mol. The van der Waals surface area contributed by atoms with Crippen LogP contribution in [0.2, 0.25) is 0 Å². The van der Waals surface area contributed by atoms with Crippen LogP contribution in [0, 0.1) is 0 Å². The molecule has 0 radical (unpaired) electrons. The summed E-state index contributed by atoms with van der Waals surface area (Å²) in [4.78, 5) is 45.9. The van der Waals surface area contributed by atoms with E-state index in [1.807, 2.05) is 12.1 Å². The predicted octanol–water partition coefficient (Wildman–Crippen LogP) is 2.19. The number of carbonyl (C=O) groups is 3. The van der Waals surface area contributed by atoms with Gasteiger partial charge in [-0.2, -0.15) is 0 Å². The van der Waals surface area contributed by atoms with E-state index in [-0.39, 0.29) is 5.91 Å². The number of rotatable bonds is 4. The molecule has 9 nitrogen and oxygen atoms in total. The molecule has 1 aromatic carbocycles. The second-order valence-electron chi connectivity index (χ2n) is 9.30. The fraction of sp³-hybridized carbons (Fsp3) is 0.480. The number of imide groups is 1. The standard InChI is InChI=1S/C25H30N6O3/c1-17-7-5-6-12-30(17)22-11-10-21(26-27-22)28-13-15-29(16-14-28)23(32)18(2)31-24(33)19-8-3-4-9-20(19)25(31)34/h3-4,8-11,17-18H,5-7,12-16H2,1-2H3. The van der Waals surface area contributed by atoms with Gasteiger partial charge in [-0.05, 0) is 57.4 Å². The lowest BCUT2D eigenvalue weighted by Gasteiger charge is -2.37. The average Bonchev–Trinajstić information content (AvgIpc) is 3.13. The number of hydrogen-bond donors (Lipinski definition) is 0. The monoisotopic (exact) mass is 462 g/mol. The molecule has 5 rings (SSSR count). The van der Waals surface area contributed by atoms with E-state index in [0.29, 0.717) is 43.3 Å². The summed E-state index contributed by atoms with van der Waals surface area (Å²) in [7, 11) is 0. The number of aromatic nitrogens is 2. The first kappa shape index (κ1) is 22.3. The fourth-order valence-electron chi connectivity index (χ4n) is 5.17. The second kappa shape index (κ2) is 9.04. The molecule has 0 saturated carbocycles. The van der Waals surface area contributed by atoms with E-state index >= 15 is 0 Å². The van der Waals surface area contributed by atoms with Gasteiger partial charge in [0.05, 0.1) is 11.1 Å². The first-order chi connectivity index (χ1) is 16.5. The van der Waals surface area contributed by atoms with Gasteiger partial charge >= 0.3 is 0 Å². The molecule has 2 fully saturated rings. The summed E-state index contributed by atoms with van der Waals surface area (Å²) in [6.45, 7) is 7.11. The fourth-order valence-corrected chi connectivity index (χ4v) is 5.17. The van der Waals surface area contributed by atoms with Crippen molar-refractivity contribution >= 4 is 29.4 Å². The summed E-state index contributed by atoms with van der Waals surface area (Å²) in [6, 6.07) is 10.4. The van der Waals surface area contributed by atoms with Crippen molar-refractivity contribution in [1.82, 2.24) is 20.0 Å². The maximum absolute atomic E-state index is 13.1. The first-order valence-electron chi connectivity index (χ1n) is 12.1. The second-order valence-corrected chi connectivity index (χ2v) is 9.30. The van der Waals surface area contributed by atoms with E-state index in [9.17, 15) is 14.4 Å². The molecule has 1 aromatic heterocycles. The zero-order valence-electron chi connectivity index (χ0n) is 19.7. The van der Waals surface area contributed by atoms with Crippen molar-refractivity contribution in [2.45, 2.75) is 45.2 Å². The Morgan fingerprint density at radius 3 is 2.09 bits per heavy atom. The lowest BCUT2D eigenvalue weighted by atomic mass is 10.0. The van der Waals surface area contributed by atoms with Crippen LogP contribution in [0.3, 0.4) is 0 Å². The molecule has 9 heteroatoms. The molecule has 34 heavy (non-hydrogen) atoms. The highest BCUT2D eigenvalue weighted by atomic mass is 16.2. The Morgan fingerprint density at radius 1 is 0.882 bits per heavy atom. The van der Waals surface area contributed by atoms with Crippen LogP contribution in [0.4, 0.5) is 11.6 Å². The molecule has 3 aliphatic heterocycles. The minimum atomic E-state index is -0.843. The number of benzene rings is 1. The summed E-state index contributed by atoms with van der Waals surface area (Å²) in [5, 5.41) is 8.93. The summed E-state index contributed by atoms with van der Waals surface area (Å²) in [5.74, 6) is 0.695. The Morgan fingerprint density at radius 2 is 1.50 bits per heavy atom. The Balaban J connectivity index is 1.19. The van der Waals surface area contributed by atoms with Crippen LogP contribution in [0.5, 0.6) is 0 Å². The van der Waals surface area contributed by atoms with Crippen LogP contribution in [0.25, 0.3) is 0 Å². The Kier molecular flexibility index (Phi) is 5.93. The first-order valence-corrected chi connectivity index (χ1v) is 12.1. The summed E-state index contributed by atoms with van der Waals surface area (Å²) < 4.78 is 0. The van der Waals surface area contributed by atoms with Gasteiger partial charge < -0.3 is 14.7 Å². The normalized spacial score (nSPS) is 21.6. The number of anilines is 2. The van der Waals surface area contributed by atoms with Gasteiger partial charge in [-0.3, -0.25) is 19.3 Å². The molecule has 0 aliphatic carbocycles. The van der Waals surface area contributed by atoms with Crippen molar-refractivity contribution in [3.05, 3.63) is 47.5 Å². The van der Waals surface area contributed by atoms with Gasteiger partial charge in [-0.15, -0.1) is 10.2 Å². The molecule has 178 valence electrons. The predicted molar refractivity (Wildman–Crippen MR) is 128 cm³/mol. The van der Waals surface area contributed by atoms with Crippen molar-refractivity contribution in [3.8, 4) is 0 Å². The molecule has 2 unspecified atom stereocenters. The largest absolute Gasteiger partial charge is 0.352 e. The van der Waals surface area contributed by atoms with Crippen molar-refractivity contribution in [1.29, 1.82) is 0 Å². The van der Waals surface area contributed by atoms with E-state index in [2.05, 4.69) is 26.9 Å². The molecular weight excluding hydrogens is 432 g/mol. The van der Waals surface area contributed by atoms with Crippen molar-refractivity contribution < 1.29 is 14.4 Å². The topological polar surface area (TPSA) is 90.0 Å². The molecular formula is C25H30N6O3. The molecule has 2 atom stereocenters. The molecule has 0 N–H and O–H groups in total. The maximum atomic E-state index is 13.1. The Hall–Kier alpha value is -3.49. The third-order valence-electron chi connectivity index (χ3n) is 7.22. The minimum Gasteiger partial charge on any atom is -0.352 e. The number of hydrogen-bond acceptors (Lipinski definition) is 7. The molecule has 3 aliphatic rings. The van der Waals surface area contributed by atoms with Crippen molar-refractivity contribution in [2.75, 3.05) is 42.5 Å². The Labute approximate surface area is 199 Å². The van der Waals surface area contributed by atoms with Gasteiger partial charge in [0.1, 0.15) is 6.04 Å². The van der Waals surface area contributed by atoms with Crippen LogP contribution in [0.15, 0.2) is 36.4 Å². The van der Waals surface area contributed by atoms with Crippen molar-refractivity contribution in [3.63, 3.8) is 0 Å². The molecule has 2 aromatic rings. The molecule has 2 saturated heterocycles. The highest BCUT2D eigenvalue weighted by molar-refractivity contribution is 6.22. The summed E-state index contributed by atoms with van der Waals surface area (Å²) >= 11 is 0. The van der Waals surface area contributed by atoms with Gasteiger partial charge in [0.25, 0.3) is 11.8 Å². The van der Waals surface area contributed by atoms with Gasteiger partial charge in [-0.1, -0.05) is 12.1 Å². The van der Waals surface area contributed by atoms with E-state index in [0.717, 1.165) is 23.1 Å². The van der Waals surface area contributed by atoms with Gasteiger partial charge in [0.15, 0.2) is 11.6 Å². The quantitative estimate of drug-likeness (QED) is 0.644. The number of carbonyl (C=O) groups excluding carboxylic acids is 3. The van der Waals surface area contributed by atoms with Gasteiger partial charge in [0, 0.05) is 38.8 Å². The van der Waals surface area contributed by atoms with E-state index < -0.39 is 17.9 Å².